The standard InChI is InChI=1S/C29H24N2/c1-3-11-22(12-4-1)20-30-27-18-10-8-16-25(27)29-28(30)19-24-15-7-9-17-26(24)31(29)21-23-13-5-2-6-14-23/h1-18H,19-21H2. The Morgan fingerprint density at radius 1 is 0.581 bits per heavy atom. The summed E-state index contributed by atoms with van der Waals surface area (Å²) in [4.78, 5) is 2.52. The number of fused-ring (bicyclic) bond motifs is 4. The van der Waals surface area contributed by atoms with Crippen molar-refractivity contribution in [1.29, 1.82) is 0 Å². The van der Waals surface area contributed by atoms with E-state index in [9.17, 15) is 0 Å². The maximum absolute atomic E-state index is 2.52. The van der Waals surface area contributed by atoms with Crippen molar-refractivity contribution in [2.75, 3.05) is 4.90 Å². The summed E-state index contributed by atoms with van der Waals surface area (Å²) >= 11 is 0. The number of benzene rings is 4. The fourth-order valence-electron chi connectivity index (χ4n) is 4.92. The highest BCUT2D eigenvalue weighted by molar-refractivity contribution is 5.99. The SMILES string of the molecule is c1ccc(CN2c3ccccc3Cc3c2c2ccccc2n3Cc2ccccc2)cc1. The van der Waals surface area contributed by atoms with Crippen LogP contribution in [-0.4, -0.2) is 4.57 Å². The second-order valence-electron chi connectivity index (χ2n) is 8.26. The first-order valence-corrected chi connectivity index (χ1v) is 10.9. The molecule has 0 radical (unpaired) electrons. The van der Waals surface area contributed by atoms with E-state index in [2.05, 4.69) is 119 Å². The zero-order valence-corrected chi connectivity index (χ0v) is 17.4. The second-order valence-corrected chi connectivity index (χ2v) is 8.26. The summed E-state index contributed by atoms with van der Waals surface area (Å²) in [6.07, 6.45) is 0.957. The van der Waals surface area contributed by atoms with Gasteiger partial charge in [0.25, 0.3) is 0 Å². The molecule has 1 aliphatic heterocycles. The van der Waals surface area contributed by atoms with Crippen LogP contribution in [0.4, 0.5) is 11.4 Å². The molecule has 6 rings (SSSR count). The third-order valence-corrected chi connectivity index (χ3v) is 6.33. The van der Waals surface area contributed by atoms with Gasteiger partial charge in [-0.25, -0.2) is 0 Å². The lowest BCUT2D eigenvalue weighted by atomic mass is 9.98. The van der Waals surface area contributed by atoms with Gasteiger partial charge in [0.2, 0.25) is 0 Å². The largest absolute Gasteiger partial charge is 0.338 e. The van der Waals surface area contributed by atoms with Gasteiger partial charge in [0.15, 0.2) is 0 Å². The number of para-hydroxylation sites is 2. The Balaban J connectivity index is 1.57. The van der Waals surface area contributed by atoms with Crippen LogP contribution in [0.5, 0.6) is 0 Å². The molecule has 0 bridgehead atoms. The average Bonchev–Trinajstić information content (AvgIpc) is 3.14. The van der Waals surface area contributed by atoms with E-state index >= 15 is 0 Å². The van der Waals surface area contributed by atoms with E-state index in [1.165, 1.54) is 44.7 Å². The fraction of sp³-hybridized carbons (Fsp3) is 0.103. The molecule has 150 valence electrons. The van der Waals surface area contributed by atoms with Gasteiger partial charge in [-0.05, 0) is 28.8 Å². The van der Waals surface area contributed by atoms with Crippen molar-refractivity contribution in [2.45, 2.75) is 19.5 Å². The molecule has 2 heteroatoms. The molecule has 0 aliphatic carbocycles. The Bertz CT molecular complexity index is 1350. The van der Waals surface area contributed by atoms with Crippen molar-refractivity contribution < 1.29 is 0 Å². The van der Waals surface area contributed by atoms with E-state index in [-0.39, 0.29) is 0 Å². The van der Waals surface area contributed by atoms with Crippen LogP contribution in [0.15, 0.2) is 109 Å². The maximum Gasteiger partial charge on any atom is 0.0710 e. The maximum atomic E-state index is 2.52. The lowest BCUT2D eigenvalue weighted by Crippen LogP contribution is -2.23. The molecule has 4 aromatic carbocycles. The molecule has 31 heavy (non-hydrogen) atoms. The van der Waals surface area contributed by atoms with Gasteiger partial charge in [0.05, 0.1) is 11.2 Å². The molecule has 1 aromatic heterocycles. The quantitative estimate of drug-likeness (QED) is 0.317. The van der Waals surface area contributed by atoms with E-state index in [1.54, 1.807) is 0 Å². The lowest BCUT2D eigenvalue weighted by Gasteiger charge is -2.32. The molecule has 2 heterocycles. The van der Waals surface area contributed by atoms with Crippen LogP contribution in [-0.2, 0) is 19.5 Å². The van der Waals surface area contributed by atoms with Gasteiger partial charge in [-0.3, -0.25) is 0 Å². The summed E-state index contributed by atoms with van der Waals surface area (Å²) < 4.78 is 2.52. The molecule has 0 N–H and O–H groups in total. The van der Waals surface area contributed by atoms with Crippen LogP contribution in [0, 0.1) is 0 Å². The monoisotopic (exact) mass is 400 g/mol. The number of anilines is 2. The highest BCUT2D eigenvalue weighted by Gasteiger charge is 2.29. The summed E-state index contributed by atoms with van der Waals surface area (Å²) in [5, 5.41) is 1.33. The number of aromatic nitrogens is 1. The van der Waals surface area contributed by atoms with Crippen LogP contribution in [0.2, 0.25) is 0 Å². The van der Waals surface area contributed by atoms with Crippen LogP contribution in [0.1, 0.15) is 22.4 Å². The van der Waals surface area contributed by atoms with Crippen molar-refractivity contribution in [3.63, 3.8) is 0 Å². The predicted molar refractivity (Wildman–Crippen MR) is 129 cm³/mol. The van der Waals surface area contributed by atoms with Gasteiger partial charge in [-0.1, -0.05) is 97.1 Å². The molecule has 0 spiro atoms. The average molecular weight is 401 g/mol. The minimum absolute atomic E-state index is 0.865. The molecule has 0 fully saturated rings. The van der Waals surface area contributed by atoms with Gasteiger partial charge in [-0.2, -0.15) is 0 Å². The minimum Gasteiger partial charge on any atom is -0.338 e. The normalized spacial score (nSPS) is 12.6. The topological polar surface area (TPSA) is 8.17 Å². The second kappa shape index (κ2) is 7.48. The fourth-order valence-corrected chi connectivity index (χ4v) is 4.92. The van der Waals surface area contributed by atoms with E-state index in [4.69, 9.17) is 0 Å². The lowest BCUT2D eigenvalue weighted by molar-refractivity contribution is 0.770. The molecule has 0 unspecified atom stereocenters. The minimum atomic E-state index is 0.865. The first kappa shape index (κ1) is 18.0. The molecule has 1 aliphatic rings. The van der Waals surface area contributed by atoms with Crippen LogP contribution < -0.4 is 4.90 Å². The molecule has 2 nitrogen and oxygen atoms in total. The summed E-state index contributed by atoms with van der Waals surface area (Å²) in [6, 6.07) is 39.3. The van der Waals surface area contributed by atoms with Gasteiger partial charge in [0, 0.05) is 36.3 Å². The summed E-state index contributed by atoms with van der Waals surface area (Å²) in [5.74, 6) is 0. The summed E-state index contributed by atoms with van der Waals surface area (Å²) in [6.45, 7) is 1.75. The number of nitrogens with zero attached hydrogens (tertiary/aromatic N) is 2. The van der Waals surface area contributed by atoms with E-state index in [0.717, 1.165) is 19.5 Å². The first-order chi connectivity index (χ1) is 15.4. The van der Waals surface area contributed by atoms with Gasteiger partial charge in [-0.15, -0.1) is 0 Å². The Hall–Kier alpha value is -3.78. The molecular weight excluding hydrogens is 376 g/mol. The van der Waals surface area contributed by atoms with Crippen molar-refractivity contribution in [3.05, 3.63) is 132 Å². The smallest absolute Gasteiger partial charge is 0.0710 e. The molecule has 0 amide bonds. The van der Waals surface area contributed by atoms with E-state index in [1.807, 2.05) is 0 Å². The van der Waals surface area contributed by atoms with Crippen molar-refractivity contribution in [1.82, 2.24) is 4.57 Å². The molecule has 0 saturated heterocycles. The summed E-state index contributed by atoms with van der Waals surface area (Å²) in [5.41, 5.74) is 9.44. The highest BCUT2D eigenvalue weighted by atomic mass is 15.2. The number of hydrogen-bond acceptors (Lipinski definition) is 1. The Kier molecular flexibility index (Phi) is 4.35. The zero-order valence-electron chi connectivity index (χ0n) is 17.4. The summed E-state index contributed by atoms with van der Waals surface area (Å²) in [7, 11) is 0. The number of rotatable bonds is 4. The van der Waals surface area contributed by atoms with Gasteiger partial charge < -0.3 is 9.47 Å². The zero-order chi connectivity index (χ0) is 20.6. The van der Waals surface area contributed by atoms with Gasteiger partial charge >= 0.3 is 0 Å². The van der Waals surface area contributed by atoms with Gasteiger partial charge in [0.1, 0.15) is 0 Å². The van der Waals surface area contributed by atoms with Crippen LogP contribution >= 0.6 is 0 Å². The van der Waals surface area contributed by atoms with Crippen molar-refractivity contribution in [3.8, 4) is 0 Å². The third kappa shape index (κ3) is 3.12. The molecule has 5 aromatic rings. The third-order valence-electron chi connectivity index (χ3n) is 6.33. The van der Waals surface area contributed by atoms with Crippen molar-refractivity contribution >= 4 is 22.3 Å². The van der Waals surface area contributed by atoms with E-state index < -0.39 is 0 Å². The van der Waals surface area contributed by atoms with E-state index in [0.29, 0.717) is 0 Å². The Labute approximate surface area is 183 Å². The first-order valence-electron chi connectivity index (χ1n) is 10.9. The molecule has 0 atom stereocenters. The van der Waals surface area contributed by atoms with Crippen molar-refractivity contribution in [2.24, 2.45) is 0 Å². The molecule has 0 saturated carbocycles. The number of hydrogen-bond donors (Lipinski definition) is 0. The highest BCUT2D eigenvalue weighted by Crippen LogP contribution is 2.45. The van der Waals surface area contributed by atoms with Crippen LogP contribution in [0.25, 0.3) is 10.9 Å². The Morgan fingerprint density at radius 3 is 1.97 bits per heavy atom. The van der Waals surface area contributed by atoms with Crippen LogP contribution in [0.3, 0.4) is 0 Å². The predicted octanol–water partition coefficient (Wildman–Crippen LogP) is 6.93. The Morgan fingerprint density at radius 2 is 1.19 bits per heavy atom. The molecular formula is C29H24N2.